The lowest BCUT2D eigenvalue weighted by Crippen LogP contribution is -2.40. The van der Waals surface area contributed by atoms with E-state index in [0.29, 0.717) is 41.9 Å². The molecule has 0 aliphatic carbocycles. The van der Waals surface area contributed by atoms with Crippen LogP contribution in [0.4, 0.5) is 11.4 Å². The fraction of sp³-hybridized carbons (Fsp3) is 0.129. The zero-order chi connectivity index (χ0) is 31.0. The average molecular weight is 641 g/mol. The summed E-state index contributed by atoms with van der Waals surface area (Å²) in [6, 6.07) is 18.8. The molecule has 1 aliphatic heterocycles. The minimum absolute atomic E-state index is 0.119. The summed E-state index contributed by atoms with van der Waals surface area (Å²) in [5, 5.41) is 17.3. The fourth-order valence-electron chi connectivity index (χ4n) is 4.89. The van der Waals surface area contributed by atoms with E-state index in [1.54, 1.807) is 37.3 Å². The zero-order valence-corrected chi connectivity index (χ0v) is 26.1. The van der Waals surface area contributed by atoms with E-state index in [1.807, 2.05) is 55.6 Å². The van der Waals surface area contributed by atoms with E-state index in [9.17, 15) is 19.7 Å². The molecule has 0 radical (unpaired) electrons. The second-order valence-electron chi connectivity index (χ2n) is 9.94. The molecule has 10 nitrogen and oxygen atoms in total. The van der Waals surface area contributed by atoms with E-state index in [4.69, 9.17) is 0 Å². The molecule has 5 aromatic rings. The number of nitrogens with zero attached hydrogens (tertiary/aromatic N) is 5. The number of amides is 1. The van der Waals surface area contributed by atoms with E-state index < -0.39 is 11.0 Å². The number of allylic oxidation sites excluding steroid dienone is 1. The number of rotatable bonds is 7. The maximum absolute atomic E-state index is 13.9. The lowest BCUT2D eigenvalue weighted by molar-refractivity contribution is -0.387. The Balaban J connectivity index is 1.41. The van der Waals surface area contributed by atoms with Gasteiger partial charge in [-0.25, -0.2) is 15.0 Å². The van der Waals surface area contributed by atoms with E-state index >= 15 is 0 Å². The number of aryl methyl sites for hydroxylation is 2. The number of nitrogens with one attached hydrogen (secondary N) is 1. The first-order chi connectivity index (χ1) is 21.2. The summed E-state index contributed by atoms with van der Waals surface area (Å²) in [6.45, 7) is 5.45. The Morgan fingerprint density at radius 1 is 1.05 bits per heavy atom. The van der Waals surface area contributed by atoms with Crippen LogP contribution in [0.5, 0.6) is 0 Å². The Kier molecular flexibility index (Phi) is 8.08. The molecule has 0 fully saturated rings. The van der Waals surface area contributed by atoms with Crippen LogP contribution in [0.3, 0.4) is 0 Å². The molecule has 1 amide bonds. The summed E-state index contributed by atoms with van der Waals surface area (Å²) in [4.78, 5) is 54.2. The van der Waals surface area contributed by atoms with Gasteiger partial charge in [-0.15, -0.1) is 11.3 Å². The highest BCUT2D eigenvalue weighted by Crippen LogP contribution is 2.35. The molecule has 2 aromatic carbocycles. The number of hydrogen-bond donors (Lipinski definition) is 1. The van der Waals surface area contributed by atoms with Gasteiger partial charge in [-0.1, -0.05) is 41.7 Å². The van der Waals surface area contributed by atoms with Gasteiger partial charge in [0.15, 0.2) is 9.96 Å². The number of hydrogen-bond acceptors (Lipinski definition) is 10. The third-order valence-corrected chi connectivity index (χ3v) is 9.59. The molecule has 4 heterocycles. The highest BCUT2D eigenvalue weighted by molar-refractivity contribution is 7.99. The molecule has 0 saturated heterocycles. The molecule has 1 atom stereocenters. The molecule has 0 bridgehead atoms. The number of nitro groups is 1. The van der Waals surface area contributed by atoms with Crippen molar-refractivity contribution in [1.29, 1.82) is 0 Å². The topological polar surface area (TPSA) is 132 Å². The quantitative estimate of drug-likeness (QED) is 0.143. The molecule has 44 heavy (non-hydrogen) atoms. The van der Waals surface area contributed by atoms with Gasteiger partial charge in [0.25, 0.3) is 17.2 Å². The summed E-state index contributed by atoms with van der Waals surface area (Å²) < 4.78 is 1.88. The van der Waals surface area contributed by atoms with Gasteiger partial charge in [0.1, 0.15) is 6.04 Å². The van der Waals surface area contributed by atoms with Crippen LogP contribution in [-0.2, 0) is 4.79 Å². The van der Waals surface area contributed by atoms with Gasteiger partial charge in [-0.3, -0.25) is 24.3 Å². The van der Waals surface area contributed by atoms with Crippen molar-refractivity contribution in [2.75, 3.05) is 5.32 Å². The van der Waals surface area contributed by atoms with E-state index in [0.717, 1.165) is 28.0 Å². The van der Waals surface area contributed by atoms with Crippen LogP contribution in [0.1, 0.15) is 34.8 Å². The maximum Gasteiger partial charge on any atom is 0.283 e. The second kappa shape index (κ2) is 12.1. The van der Waals surface area contributed by atoms with Crippen molar-refractivity contribution in [3.8, 4) is 0 Å². The number of nitro benzene ring substituents is 1. The number of carbonyl (C=O) groups is 1. The SMILES string of the molecule is CC1=C(C(=O)Nc2ccccc2)[C@H](c2cccs2)n2c(s/c(=C/c3ccc(Sc4nc(C)cc(C)n4)c([N+](=O)[O-])c3)c2=O)=N1. The van der Waals surface area contributed by atoms with Gasteiger partial charge in [0, 0.05) is 28.0 Å². The van der Waals surface area contributed by atoms with Gasteiger partial charge in [-0.2, -0.15) is 0 Å². The minimum Gasteiger partial charge on any atom is -0.322 e. The number of para-hydroxylation sites is 1. The molecule has 1 N–H and O–H groups in total. The standard InChI is InChI=1S/C31H24N6O4S3/c1-17-14-18(2)33-30(32-17)43-23-12-11-20(15-22(23)37(40)41)16-25-29(39)36-27(24-10-7-13-42-24)26(19(3)34-31(36)44-25)28(38)35-21-8-5-4-6-9-21/h4-16,27H,1-3H3,(H,35,38)/b25-16+/t27-/m0/s1. The maximum atomic E-state index is 13.9. The normalized spacial score (nSPS) is 14.7. The highest BCUT2D eigenvalue weighted by atomic mass is 32.2. The van der Waals surface area contributed by atoms with Gasteiger partial charge < -0.3 is 5.32 Å². The van der Waals surface area contributed by atoms with Crippen molar-refractivity contribution in [2.24, 2.45) is 4.99 Å². The number of fused-ring (bicyclic) bond motifs is 1. The Morgan fingerprint density at radius 2 is 1.80 bits per heavy atom. The van der Waals surface area contributed by atoms with Crippen LogP contribution in [0.25, 0.3) is 6.08 Å². The third-order valence-electron chi connectivity index (χ3n) is 6.75. The average Bonchev–Trinajstić information content (AvgIpc) is 3.61. The minimum atomic E-state index is -0.678. The van der Waals surface area contributed by atoms with Gasteiger partial charge in [0.05, 0.1) is 25.6 Å². The second-order valence-corrected chi connectivity index (χ2v) is 12.9. The Hall–Kier alpha value is -4.72. The number of aromatic nitrogens is 3. The summed E-state index contributed by atoms with van der Waals surface area (Å²) in [7, 11) is 0. The third kappa shape index (κ3) is 5.89. The number of thiophene rings is 1. The van der Waals surface area contributed by atoms with Crippen molar-refractivity contribution in [3.05, 3.63) is 135 Å². The smallest absolute Gasteiger partial charge is 0.283 e. The molecule has 13 heteroatoms. The van der Waals surface area contributed by atoms with E-state index in [1.165, 1.54) is 33.3 Å². The summed E-state index contributed by atoms with van der Waals surface area (Å²) in [5.41, 5.74) is 3.08. The van der Waals surface area contributed by atoms with Crippen molar-refractivity contribution in [3.63, 3.8) is 0 Å². The fourth-order valence-corrected chi connectivity index (χ4v) is 7.71. The lowest BCUT2D eigenvalue weighted by Gasteiger charge is -2.24. The molecule has 0 unspecified atom stereocenters. The summed E-state index contributed by atoms with van der Waals surface area (Å²) >= 11 is 3.74. The molecule has 0 saturated carbocycles. The molecule has 3 aromatic heterocycles. The monoisotopic (exact) mass is 640 g/mol. The van der Waals surface area contributed by atoms with Crippen LogP contribution >= 0.6 is 34.4 Å². The summed E-state index contributed by atoms with van der Waals surface area (Å²) in [6.07, 6.45) is 1.62. The predicted octanol–water partition coefficient (Wildman–Crippen LogP) is 5.40. The lowest BCUT2D eigenvalue weighted by atomic mass is 10.0. The van der Waals surface area contributed by atoms with Crippen molar-refractivity contribution in [2.45, 2.75) is 36.9 Å². The largest absolute Gasteiger partial charge is 0.322 e. The molecule has 6 rings (SSSR count). The number of carbonyl (C=O) groups excluding carboxylic acids is 1. The molecule has 0 spiro atoms. The summed E-state index contributed by atoms with van der Waals surface area (Å²) in [5.74, 6) is -0.346. The van der Waals surface area contributed by atoms with Crippen LogP contribution in [0, 0.1) is 24.0 Å². The van der Waals surface area contributed by atoms with E-state index in [2.05, 4.69) is 20.3 Å². The van der Waals surface area contributed by atoms with Crippen molar-refractivity contribution in [1.82, 2.24) is 14.5 Å². The van der Waals surface area contributed by atoms with Crippen LogP contribution < -0.4 is 20.2 Å². The first kappa shape index (κ1) is 29.4. The Morgan fingerprint density at radius 3 is 2.48 bits per heavy atom. The Bertz CT molecular complexity index is 2120. The van der Waals surface area contributed by atoms with Crippen LogP contribution in [0.2, 0.25) is 0 Å². The molecular formula is C31H24N6O4S3. The van der Waals surface area contributed by atoms with Crippen LogP contribution in [-0.4, -0.2) is 25.4 Å². The van der Waals surface area contributed by atoms with Crippen molar-refractivity contribution < 1.29 is 9.72 Å². The molecule has 1 aliphatic rings. The first-order valence-electron chi connectivity index (χ1n) is 13.4. The number of thiazole rings is 1. The van der Waals surface area contributed by atoms with E-state index in [-0.39, 0.29) is 17.2 Å². The van der Waals surface area contributed by atoms with Gasteiger partial charge in [-0.05, 0) is 79.9 Å². The molecular weight excluding hydrogens is 617 g/mol. The molecule has 220 valence electrons. The first-order valence-corrected chi connectivity index (χ1v) is 15.9. The van der Waals surface area contributed by atoms with Gasteiger partial charge >= 0.3 is 0 Å². The number of benzene rings is 2. The van der Waals surface area contributed by atoms with Crippen LogP contribution in [0.15, 0.2) is 103 Å². The zero-order valence-electron chi connectivity index (χ0n) is 23.7. The van der Waals surface area contributed by atoms with Crippen molar-refractivity contribution >= 4 is 57.8 Å². The highest BCUT2D eigenvalue weighted by Gasteiger charge is 2.33. The predicted molar refractivity (Wildman–Crippen MR) is 172 cm³/mol. The van der Waals surface area contributed by atoms with Gasteiger partial charge in [0.2, 0.25) is 0 Å². The number of anilines is 1. The Labute approximate surface area is 263 Å².